The van der Waals surface area contributed by atoms with Crippen LogP contribution in [0.5, 0.6) is 0 Å². The summed E-state index contributed by atoms with van der Waals surface area (Å²) in [6.07, 6.45) is 4.87. The lowest BCUT2D eigenvalue weighted by Gasteiger charge is -2.19. The molecule has 13 heavy (non-hydrogen) atoms. The highest BCUT2D eigenvalue weighted by atomic mass is 32.2. The minimum Gasteiger partial charge on any atom is -0.354 e. The standard InChI is InChI=1S/C9H17N3S/c1-8(2)5-6-12(3)9(13-4)11-7-10/h8H,5-6H2,1-4H3. The van der Waals surface area contributed by atoms with E-state index >= 15 is 0 Å². The molecule has 0 bridgehead atoms. The van der Waals surface area contributed by atoms with Crippen LogP contribution in [0.1, 0.15) is 20.3 Å². The molecule has 0 saturated carbocycles. The molecule has 0 aromatic heterocycles. The number of nitriles is 1. The Morgan fingerprint density at radius 1 is 1.62 bits per heavy atom. The largest absolute Gasteiger partial charge is 0.354 e. The van der Waals surface area contributed by atoms with E-state index < -0.39 is 0 Å². The Balaban J connectivity index is 4.01. The minimum absolute atomic E-state index is 0.688. The van der Waals surface area contributed by atoms with E-state index in [9.17, 15) is 0 Å². The monoisotopic (exact) mass is 199 g/mol. The smallest absolute Gasteiger partial charge is 0.208 e. The first-order valence-electron chi connectivity index (χ1n) is 4.33. The second-order valence-corrected chi connectivity index (χ2v) is 4.08. The van der Waals surface area contributed by atoms with E-state index in [1.807, 2.05) is 24.4 Å². The molecule has 0 N–H and O–H groups in total. The molecule has 0 aliphatic carbocycles. The van der Waals surface area contributed by atoms with Crippen molar-refractivity contribution in [3.05, 3.63) is 0 Å². The van der Waals surface area contributed by atoms with Gasteiger partial charge in [0.1, 0.15) is 0 Å². The lowest BCUT2D eigenvalue weighted by Crippen LogP contribution is -2.25. The van der Waals surface area contributed by atoms with Crippen molar-refractivity contribution in [3.8, 4) is 6.19 Å². The van der Waals surface area contributed by atoms with Gasteiger partial charge < -0.3 is 4.90 Å². The van der Waals surface area contributed by atoms with Crippen LogP contribution in [0.15, 0.2) is 4.99 Å². The van der Waals surface area contributed by atoms with Crippen LogP contribution in [-0.4, -0.2) is 29.9 Å². The number of aliphatic imine (C=N–C) groups is 1. The Kier molecular flexibility index (Phi) is 6.43. The maximum atomic E-state index is 8.42. The molecular formula is C9H17N3S. The van der Waals surface area contributed by atoms with Crippen LogP contribution in [0, 0.1) is 17.4 Å². The van der Waals surface area contributed by atoms with Crippen LogP contribution in [0.3, 0.4) is 0 Å². The van der Waals surface area contributed by atoms with E-state index in [4.69, 9.17) is 5.26 Å². The predicted molar refractivity (Wildman–Crippen MR) is 58.6 cm³/mol. The van der Waals surface area contributed by atoms with Gasteiger partial charge in [0, 0.05) is 13.6 Å². The van der Waals surface area contributed by atoms with Crippen LogP contribution in [0.2, 0.25) is 0 Å². The third-order valence-electron chi connectivity index (χ3n) is 1.70. The van der Waals surface area contributed by atoms with Crippen molar-refractivity contribution in [1.82, 2.24) is 4.90 Å². The van der Waals surface area contributed by atoms with Crippen molar-refractivity contribution in [2.45, 2.75) is 20.3 Å². The van der Waals surface area contributed by atoms with E-state index in [1.165, 1.54) is 11.8 Å². The lowest BCUT2D eigenvalue weighted by molar-refractivity contribution is 0.443. The van der Waals surface area contributed by atoms with Gasteiger partial charge in [-0.05, 0) is 18.6 Å². The molecule has 0 heterocycles. The fraction of sp³-hybridized carbons (Fsp3) is 0.778. The lowest BCUT2D eigenvalue weighted by atomic mass is 10.1. The Hall–Kier alpha value is -0.690. The molecule has 0 aliphatic rings. The van der Waals surface area contributed by atoms with Crippen molar-refractivity contribution in [2.24, 2.45) is 10.9 Å². The molecule has 0 radical (unpaired) electrons. The highest BCUT2D eigenvalue weighted by Crippen LogP contribution is 2.06. The van der Waals surface area contributed by atoms with Gasteiger partial charge >= 0.3 is 0 Å². The zero-order chi connectivity index (χ0) is 10.3. The molecule has 74 valence electrons. The van der Waals surface area contributed by atoms with Crippen LogP contribution in [0.4, 0.5) is 0 Å². The van der Waals surface area contributed by atoms with E-state index in [1.54, 1.807) is 0 Å². The van der Waals surface area contributed by atoms with Gasteiger partial charge in [0.15, 0.2) is 5.17 Å². The first-order chi connectivity index (χ1) is 6.11. The van der Waals surface area contributed by atoms with Gasteiger partial charge in [-0.25, -0.2) is 0 Å². The Morgan fingerprint density at radius 2 is 2.23 bits per heavy atom. The van der Waals surface area contributed by atoms with Gasteiger partial charge in [0.2, 0.25) is 6.19 Å². The maximum Gasteiger partial charge on any atom is 0.208 e. The second kappa shape index (κ2) is 6.79. The molecule has 0 aromatic carbocycles. The summed E-state index contributed by atoms with van der Waals surface area (Å²) in [7, 11) is 1.97. The van der Waals surface area contributed by atoms with E-state index in [2.05, 4.69) is 18.8 Å². The van der Waals surface area contributed by atoms with E-state index in [-0.39, 0.29) is 0 Å². The van der Waals surface area contributed by atoms with Gasteiger partial charge in [-0.3, -0.25) is 0 Å². The van der Waals surface area contributed by atoms with Gasteiger partial charge in [-0.15, -0.1) is 4.99 Å². The molecule has 0 aromatic rings. The number of amidine groups is 1. The highest BCUT2D eigenvalue weighted by Gasteiger charge is 2.05. The predicted octanol–water partition coefficient (Wildman–Crippen LogP) is 2.16. The van der Waals surface area contributed by atoms with Gasteiger partial charge in [-0.2, -0.15) is 5.26 Å². The first kappa shape index (κ1) is 12.3. The van der Waals surface area contributed by atoms with Crippen LogP contribution >= 0.6 is 11.8 Å². The number of rotatable bonds is 3. The maximum absolute atomic E-state index is 8.42. The Bertz CT molecular complexity index is 205. The summed E-state index contributed by atoms with van der Waals surface area (Å²) in [4.78, 5) is 5.75. The van der Waals surface area contributed by atoms with Crippen molar-refractivity contribution >= 4 is 16.9 Å². The molecule has 0 saturated heterocycles. The zero-order valence-electron chi connectivity index (χ0n) is 8.74. The van der Waals surface area contributed by atoms with Crippen molar-refractivity contribution < 1.29 is 0 Å². The second-order valence-electron chi connectivity index (χ2n) is 3.30. The van der Waals surface area contributed by atoms with Gasteiger partial charge in [0.05, 0.1) is 0 Å². The molecule has 3 nitrogen and oxygen atoms in total. The SMILES string of the molecule is CSC(=NC#N)N(C)CCC(C)C. The summed E-state index contributed by atoms with van der Waals surface area (Å²) >= 11 is 1.51. The molecule has 0 unspecified atom stereocenters. The molecule has 0 amide bonds. The van der Waals surface area contributed by atoms with Crippen LogP contribution in [-0.2, 0) is 0 Å². The van der Waals surface area contributed by atoms with Crippen LogP contribution < -0.4 is 0 Å². The fourth-order valence-corrected chi connectivity index (χ4v) is 1.41. The molecule has 0 atom stereocenters. The van der Waals surface area contributed by atoms with Crippen molar-refractivity contribution in [3.63, 3.8) is 0 Å². The average molecular weight is 199 g/mol. The van der Waals surface area contributed by atoms with Crippen molar-refractivity contribution in [1.29, 1.82) is 5.26 Å². The molecule has 0 spiro atoms. The van der Waals surface area contributed by atoms with Crippen molar-refractivity contribution in [2.75, 3.05) is 19.8 Å². The normalized spacial score (nSPS) is 11.5. The third kappa shape index (κ3) is 5.53. The molecule has 0 aliphatic heterocycles. The summed E-state index contributed by atoms with van der Waals surface area (Å²) in [5, 5.41) is 9.21. The number of hydrogen-bond acceptors (Lipinski definition) is 3. The number of thioether (sulfide) groups is 1. The summed E-state index contributed by atoms with van der Waals surface area (Å²) in [6, 6.07) is 0. The Morgan fingerprint density at radius 3 is 2.62 bits per heavy atom. The van der Waals surface area contributed by atoms with Gasteiger partial charge in [0.25, 0.3) is 0 Å². The highest BCUT2D eigenvalue weighted by molar-refractivity contribution is 8.13. The zero-order valence-corrected chi connectivity index (χ0v) is 9.56. The molecular weight excluding hydrogens is 182 g/mol. The first-order valence-corrected chi connectivity index (χ1v) is 5.56. The molecule has 0 rings (SSSR count). The summed E-state index contributed by atoms with van der Waals surface area (Å²) < 4.78 is 0. The number of hydrogen-bond donors (Lipinski definition) is 0. The summed E-state index contributed by atoms with van der Waals surface area (Å²) in [5.74, 6) is 0.688. The quantitative estimate of drug-likeness (QED) is 0.397. The summed E-state index contributed by atoms with van der Waals surface area (Å²) in [5.41, 5.74) is 0. The Labute approximate surface area is 84.8 Å². The van der Waals surface area contributed by atoms with E-state index in [0.717, 1.165) is 18.1 Å². The van der Waals surface area contributed by atoms with E-state index in [0.29, 0.717) is 5.92 Å². The van der Waals surface area contributed by atoms with Crippen LogP contribution in [0.25, 0.3) is 0 Å². The number of nitrogens with zero attached hydrogens (tertiary/aromatic N) is 3. The minimum atomic E-state index is 0.688. The molecule has 4 heteroatoms. The summed E-state index contributed by atoms with van der Waals surface area (Å²) in [6.45, 7) is 5.33. The fourth-order valence-electron chi connectivity index (χ4n) is 0.877. The van der Waals surface area contributed by atoms with Gasteiger partial charge in [-0.1, -0.05) is 25.6 Å². The topological polar surface area (TPSA) is 39.4 Å². The third-order valence-corrected chi connectivity index (χ3v) is 2.46. The average Bonchev–Trinajstić information content (AvgIpc) is 2.10. The molecule has 0 fully saturated rings.